The molecule has 0 spiro atoms. The van der Waals surface area contributed by atoms with E-state index < -0.39 is 40.5 Å². The van der Waals surface area contributed by atoms with Crippen LogP contribution in [0.3, 0.4) is 0 Å². The summed E-state index contributed by atoms with van der Waals surface area (Å²) in [6.45, 7) is 0. The summed E-state index contributed by atoms with van der Waals surface area (Å²) in [5.74, 6) is -3.13. The molecule has 4 nitrogen and oxygen atoms in total. The van der Waals surface area contributed by atoms with Crippen LogP contribution in [0.25, 0.3) is 0 Å². The molecule has 0 atom stereocenters. The molecule has 0 aliphatic carbocycles. The Morgan fingerprint density at radius 2 is 1.22 bits per heavy atom. The fourth-order valence-corrected chi connectivity index (χ4v) is 2.84. The predicted molar refractivity (Wildman–Crippen MR) is 71.0 cm³/mol. The summed E-state index contributed by atoms with van der Waals surface area (Å²) in [5, 5.41) is 0. The van der Waals surface area contributed by atoms with E-state index >= 15 is 0 Å². The van der Waals surface area contributed by atoms with Crippen molar-refractivity contribution in [3.8, 4) is 0 Å². The molecular weight excluding hydrogens is 352 g/mol. The topological polar surface area (TPSA) is 63.2 Å². The lowest BCUT2D eigenvalue weighted by Crippen LogP contribution is -2.41. The molecule has 138 valence electrons. The lowest BCUT2D eigenvalue weighted by molar-refractivity contribution is -0.171. The molecule has 23 heavy (non-hydrogen) atoms. The molecule has 0 saturated carbocycles. The van der Waals surface area contributed by atoms with Crippen molar-refractivity contribution in [1.29, 1.82) is 0 Å². The van der Waals surface area contributed by atoms with Gasteiger partial charge in [-0.1, -0.05) is 32.1 Å². The molecule has 0 aliphatic rings. The van der Waals surface area contributed by atoms with E-state index in [0.717, 1.165) is 4.72 Å². The number of unbranched alkanes of at least 4 members (excludes halogenated alkanes) is 6. The van der Waals surface area contributed by atoms with Gasteiger partial charge in [-0.25, -0.2) is 13.1 Å². The fraction of sp³-hybridized carbons (Fsp3) is 0.917. The Bertz CT molecular complexity index is 458. The van der Waals surface area contributed by atoms with E-state index in [4.69, 9.17) is 0 Å². The molecule has 0 fully saturated rings. The van der Waals surface area contributed by atoms with Gasteiger partial charge in [0.25, 0.3) is 0 Å². The van der Waals surface area contributed by atoms with Gasteiger partial charge >= 0.3 is 18.3 Å². The summed E-state index contributed by atoms with van der Waals surface area (Å²) in [6, 6.07) is 0. The van der Waals surface area contributed by atoms with E-state index in [1.54, 1.807) is 0 Å². The first-order valence-corrected chi connectivity index (χ1v) is 8.67. The van der Waals surface area contributed by atoms with Crippen molar-refractivity contribution in [3.63, 3.8) is 0 Å². The van der Waals surface area contributed by atoms with Crippen LogP contribution in [0.5, 0.6) is 0 Å². The zero-order valence-electron chi connectivity index (χ0n) is 12.3. The van der Waals surface area contributed by atoms with Crippen molar-refractivity contribution < 1.29 is 39.6 Å². The Hall–Kier alpha value is -1.00. The van der Waals surface area contributed by atoms with Gasteiger partial charge in [-0.05, 0) is 12.8 Å². The number of carbonyl (C=O) groups is 1. The number of halogens is 6. The van der Waals surface area contributed by atoms with E-state index in [1.807, 2.05) is 0 Å². The lowest BCUT2D eigenvalue weighted by atomic mass is 10.1. The van der Waals surface area contributed by atoms with Crippen LogP contribution in [-0.2, 0) is 14.8 Å². The van der Waals surface area contributed by atoms with Gasteiger partial charge in [0.1, 0.15) is 0 Å². The maximum atomic E-state index is 11.9. The standard InChI is InChI=1S/C12H19F6NO3S/c13-11(14,15)8-6-4-2-1-3-5-7-9-23(21,22)19-10(20)12(16,17)18/h1-9H2,(H,19,20). The lowest BCUT2D eigenvalue weighted by Gasteiger charge is -2.08. The molecule has 0 heterocycles. The minimum absolute atomic E-state index is 0.0430. The van der Waals surface area contributed by atoms with E-state index in [-0.39, 0.29) is 12.8 Å². The minimum atomic E-state index is -5.26. The van der Waals surface area contributed by atoms with E-state index in [1.165, 1.54) is 0 Å². The molecule has 0 unspecified atom stereocenters. The Labute approximate surface area is 130 Å². The average molecular weight is 371 g/mol. The highest BCUT2D eigenvalue weighted by Gasteiger charge is 2.40. The zero-order valence-corrected chi connectivity index (χ0v) is 13.1. The zero-order chi connectivity index (χ0) is 18.1. The van der Waals surface area contributed by atoms with Crippen molar-refractivity contribution in [2.45, 2.75) is 63.7 Å². The summed E-state index contributed by atoms with van der Waals surface area (Å²) in [6.07, 6.45) is -7.55. The van der Waals surface area contributed by atoms with Crippen molar-refractivity contribution in [1.82, 2.24) is 4.72 Å². The van der Waals surface area contributed by atoms with Crippen LogP contribution in [0, 0.1) is 0 Å². The molecule has 1 amide bonds. The molecule has 0 bridgehead atoms. The monoisotopic (exact) mass is 371 g/mol. The number of nitrogens with one attached hydrogen (secondary N) is 1. The van der Waals surface area contributed by atoms with Gasteiger partial charge in [0.15, 0.2) is 0 Å². The average Bonchev–Trinajstić information content (AvgIpc) is 2.33. The molecule has 0 rings (SSSR count). The Morgan fingerprint density at radius 3 is 1.65 bits per heavy atom. The van der Waals surface area contributed by atoms with Crippen LogP contribution in [-0.4, -0.2) is 32.4 Å². The van der Waals surface area contributed by atoms with Crippen LogP contribution in [0.15, 0.2) is 0 Å². The highest BCUT2D eigenvalue weighted by molar-refractivity contribution is 7.90. The number of rotatable bonds is 10. The largest absolute Gasteiger partial charge is 0.472 e. The van der Waals surface area contributed by atoms with Gasteiger partial charge < -0.3 is 0 Å². The highest BCUT2D eigenvalue weighted by Crippen LogP contribution is 2.23. The first kappa shape index (κ1) is 22.0. The number of hydrogen-bond donors (Lipinski definition) is 1. The summed E-state index contributed by atoms with van der Waals surface area (Å²) >= 11 is 0. The Balaban J connectivity index is 3.70. The van der Waals surface area contributed by atoms with Gasteiger partial charge in [-0.3, -0.25) is 4.79 Å². The fourth-order valence-electron chi connectivity index (χ4n) is 1.75. The second-order valence-electron chi connectivity index (χ2n) is 5.09. The second kappa shape index (κ2) is 9.33. The second-order valence-corrected chi connectivity index (χ2v) is 6.93. The molecular formula is C12H19F6NO3S. The van der Waals surface area contributed by atoms with Crippen molar-refractivity contribution >= 4 is 15.9 Å². The smallest absolute Gasteiger partial charge is 0.263 e. The molecule has 1 N–H and O–H groups in total. The summed E-state index contributed by atoms with van der Waals surface area (Å²) < 4.78 is 94.6. The summed E-state index contributed by atoms with van der Waals surface area (Å²) in [7, 11) is -4.33. The summed E-state index contributed by atoms with van der Waals surface area (Å²) in [5.41, 5.74) is 0. The van der Waals surface area contributed by atoms with Gasteiger partial charge in [-0.15, -0.1) is 0 Å². The SMILES string of the molecule is O=C(NS(=O)(=O)CCCCCCCCCC(F)(F)F)C(F)(F)F. The molecule has 0 aromatic heterocycles. The van der Waals surface area contributed by atoms with Crippen LogP contribution in [0.1, 0.15) is 51.4 Å². The normalized spacial score (nSPS) is 13.1. The van der Waals surface area contributed by atoms with E-state index in [0.29, 0.717) is 32.1 Å². The number of carbonyl (C=O) groups excluding carboxylic acids is 1. The molecule has 0 radical (unpaired) electrons. The van der Waals surface area contributed by atoms with Crippen LogP contribution >= 0.6 is 0 Å². The van der Waals surface area contributed by atoms with Gasteiger partial charge in [-0.2, -0.15) is 26.3 Å². The van der Waals surface area contributed by atoms with Gasteiger partial charge in [0.2, 0.25) is 10.0 Å². The van der Waals surface area contributed by atoms with Gasteiger partial charge in [0.05, 0.1) is 5.75 Å². The van der Waals surface area contributed by atoms with Crippen molar-refractivity contribution in [2.24, 2.45) is 0 Å². The van der Waals surface area contributed by atoms with Crippen molar-refractivity contribution in [3.05, 3.63) is 0 Å². The number of sulfonamides is 1. The number of amides is 1. The number of alkyl halides is 6. The third kappa shape index (κ3) is 13.2. The first-order chi connectivity index (χ1) is 10.3. The molecule has 0 aromatic rings. The predicted octanol–water partition coefficient (Wildman–Crippen LogP) is 3.68. The quantitative estimate of drug-likeness (QED) is 0.471. The van der Waals surface area contributed by atoms with Crippen molar-refractivity contribution in [2.75, 3.05) is 5.75 Å². The molecule has 0 aliphatic heterocycles. The van der Waals surface area contributed by atoms with E-state index in [9.17, 15) is 39.6 Å². The number of hydrogen-bond acceptors (Lipinski definition) is 3. The molecule has 0 saturated heterocycles. The first-order valence-electron chi connectivity index (χ1n) is 7.02. The summed E-state index contributed by atoms with van der Waals surface area (Å²) in [4.78, 5) is 10.5. The van der Waals surface area contributed by atoms with Crippen LogP contribution in [0.4, 0.5) is 26.3 Å². The molecule has 11 heteroatoms. The maximum absolute atomic E-state index is 11.9. The maximum Gasteiger partial charge on any atom is 0.472 e. The Kier molecular flexibility index (Phi) is 8.93. The van der Waals surface area contributed by atoms with E-state index in [2.05, 4.69) is 0 Å². The highest BCUT2D eigenvalue weighted by atomic mass is 32.2. The minimum Gasteiger partial charge on any atom is -0.263 e. The third-order valence-corrected chi connectivity index (χ3v) is 4.20. The van der Waals surface area contributed by atoms with Gasteiger partial charge in [0, 0.05) is 6.42 Å². The molecule has 0 aromatic carbocycles. The van der Waals surface area contributed by atoms with Crippen LogP contribution < -0.4 is 4.72 Å². The van der Waals surface area contributed by atoms with Crippen LogP contribution in [0.2, 0.25) is 0 Å². The Morgan fingerprint density at radius 1 is 0.783 bits per heavy atom. The third-order valence-electron chi connectivity index (χ3n) is 2.88.